The van der Waals surface area contributed by atoms with E-state index in [-0.39, 0.29) is 0 Å². The monoisotopic (exact) mass is 403 g/mol. The highest BCUT2D eigenvalue weighted by Crippen LogP contribution is 2.34. The van der Waals surface area contributed by atoms with Gasteiger partial charge in [-0.25, -0.2) is 4.98 Å². The lowest BCUT2D eigenvalue weighted by Gasteiger charge is -2.08. The summed E-state index contributed by atoms with van der Waals surface area (Å²) in [4.78, 5) is 9.13. The van der Waals surface area contributed by atoms with Gasteiger partial charge >= 0.3 is 0 Å². The standard InChI is InChI=1S/C23H21N3O4/c1-14-5-7-15(8-6-14)18-11-10-17(23(24-18)29-4)21-25-22(30-26-21)16-9-12-19(27-2)20(13-16)28-3/h5-13H,1-4H3. The summed E-state index contributed by atoms with van der Waals surface area (Å²) in [5, 5.41) is 4.11. The Morgan fingerprint density at radius 1 is 0.733 bits per heavy atom. The largest absolute Gasteiger partial charge is 0.493 e. The molecule has 152 valence electrons. The van der Waals surface area contributed by atoms with E-state index in [1.54, 1.807) is 33.5 Å². The van der Waals surface area contributed by atoms with Gasteiger partial charge in [0.05, 0.1) is 32.6 Å². The molecule has 4 aromatic rings. The predicted octanol–water partition coefficient (Wildman–Crippen LogP) is 4.80. The van der Waals surface area contributed by atoms with Gasteiger partial charge in [-0.2, -0.15) is 4.98 Å². The molecule has 0 atom stereocenters. The van der Waals surface area contributed by atoms with Crippen LogP contribution in [0.3, 0.4) is 0 Å². The predicted molar refractivity (Wildman–Crippen MR) is 113 cm³/mol. The minimum absolute atomic E-state index is 0.357. The average Bonchev–Trinajstić information content (AvgIpc) is 3.28. The summed E-state index contributed by atoms with van der Waals surface area (Å²) >= 11 is 0. The Labute approximate surface area is 174 Å². The van der Waals surface area contributed by atoms with Crippen molar-refractivity contribution in [3.63, 3.8) is 0 Å². The Morgan fingerprint density at radius 2 is 1.47 bits per heavy atom. The molecule has 0 bridgehead atoms. The van der Waals surface area contributed by atoms with Crippen molar-refractivity contribution in [3.05, 3.63) is 60.2 Å². The fourth-order valence-electron chi connectivity index (χ4n) is 3.07. The fourth-order valence-corrected chi connectivity index (χ4v) is 3.07. The van der Waals surface area contributed by atoms with Gasteiger partial charge in [-0.1, -0.05) is 35.0 Å². The van der Waals surface area contributed by atoms with Crippen molar-refractivity contribution in [1.82, 2.24) is 15.1 Å². The number of rotatable bonds is 6. The van der Waals surface area contributed by atoms with E-state index < -0.39 is 0 Å². The van der Waals surface area contributed by atoms with Crippen LogP contribution in [0.1, 0.15) is 5.56 Å². The van der Waals surface area contributed by atoms with Gasteiger partial charge in [0.15, 0.2) is 11.5 Å². The Balaban J connectivity index is 1.68. The van der Waals surface area contributed by atoms with Crippen LogP contribution in [0.4, 0.5) is 0 Å². The molecule has 0 radical (unpaired) electrons. The van der Waals surface area contributed by atoms with Crippen molar-refractivity contribution in [2.45, 2.75) is 6.92 Å². The number of nitrogens with zero attached hydrogens (tertiary/aromatic N) is 3. The molecular formula is C23H21N3O4. The summed E-state index contributed by atoms with van der Waals surface area (Å²) in [7, 11) is 4.73. The maximum Gasteiger partial charge on any atom is 0.258 e. The third-order valence-electron chi connectivity index (χ3n) is 4.70. The molecule has 0 saturated carbocycles. The molecule has 4 rings (SSSR count). The molecule has 0 amide bonds. The Hall–Kier alpha value is -3.87. The molecule has 7 heteroatoms. The second-order valence-electron chi connectivity index (χ2n) is 6.61. The van der Waals surface area contributed by atoms with Gasteiger partial charge < -0.3 is 18.7 Å². The van der Waals surface area contributed by atoms with Gasteiger partial charge in [-0.3, -0.25) is 0 Å². The van der Waals surface area contributed by atoms with Crippen molar-refractivity contribution < 1.29 is 18.7 Å². The Kier molecular flexibility index (Phi) is 5.34. The number of hydrogen-bond donors (Lipinski definition) is 0. The van der Waals surface area contributed by atoms with Crippen LogP contribution in [-0.2, 0) is 0 Å². The molecule has 0 N–H and O–H groups in total. The number of pyridine rings is 1. The van der Waals surface area contributed by atoms with Crippen LogP contribution in [0.2, 0.25) is 0 Å². The second-order valence-corrected chi connectivity index (χ2v) is 6.61. The number of ether oxygens (including phenoxy) is 3. The van der Waals surface area contributed by atoms with Crippen molar-refractivity contribution in [2.24, 2.45) is 0 Å². The second kappa shape index (κ2) is 8.24. The van der Waals surface area contributed by atoms with E-state index in [4.69, 9.17) is 18.7 Å². The zero-order valence-electron chi connectivity index (χ0n) is 17.2. The molecule has 0 aliphatic carbocycles. The quantitative estimate of drug-likeness (QED) is 0.457. The van der Waals surface area contributed by atoms with Crippen LogP contribution < -0.4 is 14.2 Å². The number of methoxy groups -OCH3 is 3. The van der Waals surface area contributed by atoms with E-state index in [2.05, 4.69) is 15.1 Å². The van der Waals surface area contributed by atoms with Gasteiger partial charge in [0.2, 0.25) is 11.7 Å². The molecule has 0 unspecified atom stereocenters. The lowest BCUT2D eigenvalue weighted by Crippen LogP contribution is -1.95. The third kappa shape index (κ3) is 3.69. The van der Waals surface area contributed by atoms with Crippen LogP contribution in [0.15, 0.2) is 59.1 Å². The van der Waals surface area contributed by atoms with Crippen molar-refractivity contribution in [2.75, 3.05) is 21.3 Å². The lowest BCUT2D eigenvalue weighted by molar-refractivity contribution is 0.355. The van der Waals surface area contributed by atoms with Gasteiger partial charge in [0.25, 0.3) is 5.89 Å². The summed E-state index contributed by atoms with van der Waals surface area (Å²) < 4.78 is 21.6. The van der Waals surface area contributed by atoms with E-state index in [9.17, 15) is 0 Å². The normalized spacial score (nSPS) is 10.7. The molecule has 2 heterocycles. The summed E-state index contributed by atoms with van der Waals surface area (Å²) in [6.07, 6.45) is 0. The Morgan fingerprint density at radius 3 is 2.17 bits per heavy atom. The van der Waals surface area contributed by atoms with E-state index in [0.717, 1.165) is 16.8 Å². The van der Waals surface area contributed by atoms with E-state index >= 15 is 0 Å². The first-order valence-corrected chi connectivity index (χ1v) is 9.31. The number of benzene rings is 2. The summed E-state index contributed by atoms with van der Waals surface area (Å²) in [6, 6.07) is 17.3. The molecule has 0 fully saturated rings. The molecule has 2 aromatic heterocycles. The summed E-state index contributed by atoms with van der Waals surface area (Å²) in [6.45, 7) is 2.05. The Bertz CT molecular complexity index is 1170. The SMILES string of the molecule is COc1ccc(-c2nc(-c3ccc(-c4ccc(C)cc4)nc3OC)no2)cc1OC. The highest BCUT2D eigenvalue weighted by atomic mass is 16.5. The minimum Gasteiger partial charge on any atom is -0.493 e. The van der Waals surface area contributed by atoms with Crippen molar-refractivity contribution >= 4 is 0 Å². The molecule has 0 aliphatic rings. The average molecular weight is 403 g/mol. The molecule has 0 aliphatic heterocycles. The maximum atomic E-state index is 5.50. The first kappa shape index (κ1) is 19.4. The van der Waals surface area contributed by atoms with Gasteiger partial charge in [0.1, 0.15) is 0 Å². The molecule has 2 aromatic carbocycles. The molecule has 0 spiro atoms. The number of aromatic nitrogens is 3. The number of aryl methyl sites for hydroxylation is 1. The fraction of sp³-hybridized carbons (Fsp3) is 0.174. The van der Waals surface area contributed by atoms with Crippen molar-refractivity contribution in [1.29, 1.82) is 0 Å². The van der Waals surface area contributed by atoms with E-state index in [1.807, 2.05) is 49.4 Å². The smallest absolute Gasteiger partial charge is 0.258 e. The summed E-state index contributed by atoms with van der Waals surface area (Å²) in [5.74, 6) is 2.37. The van der Waals surface area contributed by atoms with Crippen LogP contribution in [0.25, 0.3) is 34.1 Å². The third-order valence-corrected chi connectivity index (χ3v) is 4.70. The first-order chi connectivity index (χ1) is 14.6. The van der Waals surface area contributed by atoms with E-state index in [1.165, 1.54) is 5.56 Å². The number of hydrogen-bond acceptors (Lipinski definition) is 7. The molecule has 0 saturated heterocycles. The highest BCUT2D eigenvalue weighted by Gasteiger charge is 2.18. The minimum atomic E-state index is 0.357. The zero-order valence-corrected chi connectivity index (χ0v) is 17.2. The molecular weight excluding hydrogens is 382 g/mol. The van der Waals surface area contributed by atoms with Gasteiger partial charge in [-0.05, 0) is 37.3 Å². The molecule has 7 nitrogen and oxygen atoms in total. The van der Waals surface area contributed by atoms with Crippen LogP contribution in [0.5, 0.6) is 17.4 Å². The van der Waals surface area contributed by atoms with Crippen molar-refractivity contribution in [3.8, 4) is 51.5 Å². The van der Waals surface area contributed by atoms with Crippen LogP contribution in [-0.4, -0.2) is 36.5 Å². The summed E-state index contributed by atoms with van der Waals surface area (Å²) in [5.41, 5.74) is 4.36. The van der Waals surface area contributed by atoms with Crippen LogP contribution in [0, 0.1) is 6.92 Å². The molecule has 30 heavy (non-hydrogen) atoms. The van der Waals surface area contributed by atoms with Crippen LogP contribution >= 0.6 is 0 Å². The first-order valence-electron chi connectivity index (χ1n) is 9.31. The lowest BCUT2D eigenvalue weighted by atomic mass is 10.1. The maximum absolute atomic E-state index is 5.50. The highest BCUT2D eigenvalue weighted by molar-refractivity contribution is 5.69. The van der Waals surface area contributed by atoms with E-state index in [0.29, 0.717) is 34.7 Å². The zero-order chi connectivity index (χ0) is 21.1. The van der Waals surface area contributed by atoms with Gasteiger partial charge in [0, 0.05) is 11.1 Å². The van der Waals surface area contributed by atoms with Gasteiger partial charge in [-0.15, -0.1) is 0 Å². The topological polar surface area (TPSA) is 79.5 Å².